The smallest absolute Gasteiger partial charge is 0.138 e. The standard InChI is InChI=1S/C27H29N3O2/c31-29-26-22-6-2-1-4-20(22)14-23(26)24-15-25(32-27(24)19-9-11-28-12-10-19)21-5-3-13-30(17-21)16-18-7-8-18/h1-2,4,6,9-12,15,18,21,23,31H,3,5,7-8,13-14,16-17H2/b29-26+. The molecule has 2 aromatic heterocycles. The maximum absolute atomic E-state index is 9.93. The van der Waals surface area contributed by atoms with Crippen molar-refractivity contribution in [3.05, 3.63) is 77.3 Å². The lowest BCUT2D eigenvalue weighted by Crippen LogP contribution is -2.35. The molecule has 164 valence electrons. The molecule has 32 heavy (non-hydrogen) atoms. The van der Waals surface area contributed by atoms with Crippen molar-refractivity contribution in [2.24, 2.45) is 11.1 Å². The van der Waals surface area contributed by atoms with E-state index in [4.69, 9.17) is 4.42 Å². The topological polar surface area (TPSA) is 61.9 Å². The molecular formula is C27H29N3O2. The molecule has 1 aromatic carbocycles. The maximum Gasteiger partial charge on any atom is 0.138 e. The first kappa shape index (κ1) is 19.7. The van der Waals surface area contributed by atoms with Gasteiger partial charge in [0, 0.05) is 54.0 Å². The fourth-order valence-corrected chi connectivity index (χ4v) is 5.57. The summed E-state index contributed by atoms with van der Waals surface area (Å²) in [7, 11) is 0. The first-order valence-corrected chi connectivity index (χ1v) is 11.9. The molecule has 1 aliphatic heterocycles. The van der Waals surface area contributed by atoms with E-state index in [1.54, 1.807) is 0 Å². The molecule has 2 unspecified atom stereocenters. The summed E-state index contributed by atoms with van der Waals surface area (Å²) in [6.45, 7) is 3.52. The van der Waals surface area contributed by atoms with E-state index in [1.807, 2.05) is 36.7 Å². The Balaban J connectivity index is 1.37. The third kappa shape index (κ3) is 3.65. The second-order valence-corrected chi connectivity index (χ2v) is 9.61. The van der Waals surface area contributed by atoms with Crippen molar-refractivity contribution in [2.75, 3.05) is 19.6 Å². The fraction of sp³-hybridized carbons (Fsp3) is 0.407. The van der Waals surface area contributed by atoms with Crippen LogP contribution in [0.4, 0.5) is 0 Å². The lowest BCUT2D eigenvalue weighted by atomic mass is 9.90. The van der Waals surface area contributed by atoms with Crippen LogP contribution in [0, 0.1) is 5.92 Å². The Kier molecular flexibility index (Phi) is 5.07. The number of piperidine rings is 1. The highest BCUT2D eigenvalue weighted by Crippen LogP contribution is 2.43. The Hall–Kier alpha value is -2.92. The molecule has 1 saturated carbocycles. The lowest BCUT2D eigenvalue weighted by Gasteiger charge is -2.31. The Morgan fingerprint density at radius 2 is 1.94 bits per heavy atom. The predicted octanol–water partition coefficient (Wildman–Crippen LogP) is 5.45. The Labute approximate surface area is 188 Å². The zero-order valence-electron chi connectivity index (χ0n) is 18.3. The SMILES string of the molecule is O/N=C1\c2ccccc2CC1c1cc(C2CCCN(CC3CC3)C2)oc1-c1ccncc1. The van der Waals surface area contributed by atoms with Gasteiger partial charge in [-0.1, -0.05) is 29.4 Å². The van der Waals surface area contributed by atoms with Crippen LogP contribution in [-0.2, 0) is 6.42 Å². The van der Waals surface area contributed by atoms with Crippen LogP contribution < -0.4 is 0 Å². The minimum Gasteiger partial charge on any atom is -0.460 e. The number of pyridine rings is 1. The number of hydrogen-bond donors (Lipinski definition) is 1. The van der Waals surface area contributed by atoms with Gasteiger partial charge in [0.15, 0.2) is 0 Å². The first-order valence-electron chi connectivity index (χ1n) is 11.9. The number of fused-ring (bicyclic) bond motifs is 1. The quantitative estimate of drug-likeness (QED) is 0.434. The maximum atomic E-state index is 9.93. The lowest BCUT2D eigenvalue weighted by molar-refractivity contribution is 0.190. The molecule has 0 spiro atoms. The fourth-order valence-electron chi connectivity index (χ4n) is 5.57. The van der Waals surface area contributed by atoms with Gasteiger partial charge in [0.1, 0.15) is 11.5 Å². The molecule has 3 aromatic rings. The number of furan rings is 1. The van der Waals surface area contributed by atoms with Gasteiger partial charge in [-0.25, -0.2) is 0 Å². The van der Waals surface area contributed by atoms with Crippen LogP contribution in [0.25, 0.3) is 11.3 Å². The summed E-state index contributed by atoms with van der Waals surface area (Å²) in [6.07, 6.45) is 9.61. The molecule has 0 radical (unpaired) electrons. The van der Waals surface area contributed by atoms with Crippen LogP contribution in [0.2, 0.25) is 0 Å². The highest BCUT2D eigenvalue weighted by atomic mass is 16.4. The van der Waals surface area contributed by atoms with Gasteiger partial charge in [-0.3, -0.25) is 4.98 Å². The molecule has 1 saturated heterocycles. The second-order valence-electron chi connectivity index (χ2n) is 9.61. The summed E-state index contributed by atoms with van der Waals surface area (Å²) < 4.78 is 6.62. The molecular weight excluding hydrogens is 398 g/mol. The largest absolute Gasteiger partial charge is 0.460 e. The number of aromatic nitrogens is 1. The molecule has 5 heteroatoms. The van der Waals surface area contributed by atoms with Gasteiger partial charge in [-0.15, -0.1) is 0 Å². The average Bonchev–Trinajstić information content (AvgIpc) is 3.41. The van der Waals surface area contributed by atoms with E-state index >= 15 is 0 Å². The number of nitrogens with zero attached hydrogens (tertiary/aromatic N) is 3. The highest BCUT2D eigenvalue weighted by Gasteiger charge is 2.36. The summed E-state index contributed by atoms with van der Waals surface area (Å²) in [5.74, 6) is 3.27. The number of likely N-dealkylation sites (tertiary alicyclic amines) is 1. The van der Waals surface area contributed by atoms with Gasteiger partial charge in [-0.2, -0.15) is 0 Å². The van der Waals surface area contributed by atoms with Crippen molar-refractivity contribution in [2.45, 2.75) is 43.9 Å². The number of oxime groups is 1. The highest BCUT2D eigenvalue weighted by molar-refractivity contribution is 6.09. The van der Waals surface area contributed by atoms with Gasteiger partial charge in [0.25, 0.3) is 0 Å². The van der Waals surface area contributed by atoms with Gasteiger partial charge in [0.05, 0.1) is 5.71 Å². The summed E-state index contributed by atoms with van der Waals surface area (Å²) >= 11 is 0. The van der Waals surface area contributed by atoms with Crippen LogP contribution in [0.15, 0.2) is 64.4 Å². The zero-order chi connectivity index (χ0) is 21.5. The van der Waals surface area contributed by atoms with E-state index in [0.29, 0.717) is 5.92 Å². The van der Waals surface area contributed by atoms with Crippen LogP contribution >= 0.6 is 0 Å². The molecule has 5 nitrogen and oxygen atoms in total. The van der Waals surface area contributed by atoms with Crippen molar-refractivity contribution < 1.29 is 9.62 Å². The monoisotopic (exact) mass is 427 g/mol. The molecule has 1 N–H and O–H groups in total. The van der Waals surface area contributed by atoms with Gasteiger partial charge in [-0.05, 0) is 68.3 Å². The van der Waals surface area contributed by atoms with Crippen molar-refractivity contribution in [3.8, 4) is 11.3 Å². The van der Waals surface area contributed by atoms with Crippen LogP contribution in [0.3, 0.4) is 0 Å². The second kappa shape index (κ2) is 8.21. The Morgan fingerprint density at radius 1 is 1.09 bits per heavy atom. The van der Waals surface area contributed by atoms with E-state index in [2.05, 4.69) is 33.2 Å². The molecule has 0 bridgehead atoms. The Bertz CT molecular complexity index is 1130. The molecule has 2 atom stereocenters. The van der Waals surface area contributed by atoms with E-state index in [1.165, 1.54) is 37.9 Å². The van der Waals surface area contributed by atoms with E-state index in [-0.39, 0.29) is 5.92 Å². The molecule has 2 aliphatic carbocycles. The van der Waals surface area contributed by atoms with Crippen LogP contribution in [0.5, 0.6) is 0 Å². The van der Waals surface area contributed by atoms with Gasteiger partial charge < -0.3 is 14.5 Å². The zero-order valence-corrected chi connectivity index (χ0v) is 18.3. The molecule has 3 aliphatic rings. The normalized spacial score (nSPS) is 24.7. The molecule has 0 amide bonds. The van der Waals surface area contributed by atoms with Crippen LogP contribution in [-0.4, -0.2) is 40.4 Å². The van der Waals surface area contributed by atoms with Gasteiger partial charge in [0.2, 0.25) is 0 Å². The molecule has 6 rings (SSSR count). The van der Waals surface area contributed by atoms with Crippen molar-refractivity contribution in [1.29, 1.82) is 0 Å². The van der Waals surface area contributed by atoms with Crippen molar-refractivity contribution >= 4 is 5.71 Å². The first-order chi connectivity index (χ1) is 15.8. The van der Waals surface area contributed by atoms with E-state index < -0.39 is 0 Å². The summed E-state index contributed by atoms with van der Waals surface area (Å²) in [5.41, 5.74) is 5.15. The van der Waals surface area contributed by atoms with Gasteiger partial charge >= 0.3 is 0 Å². The van der Waals surface area contributed by atoms with E-state index in [0.717, 1.165) is 59.2 Å². The average molecular weight is 428 g/mol. The summed E-state index contributed by atoms with van der Waals surface area (Å²) in [6, 6.07) is 14.5. The molecule has 3 heterocycles. The molecule has 2 fully saturated rings. The summed E-state index contributed by atoms with van der Waals surface area (Å²) in [5, 5.41) is 13.7. The van der Waals surface area contributed by atoms with Crippen LogP contribution in [0.1, 0.15) is 60.0 Å². The third-order valence-electron chi connectivity index (χ3n) is 7.37. The predicted molar refractivity (Wildman–Crippen MR) is 124 cm³/mol. The minimum absolute atomic E-state index is 0.00998. The number of hydrogen-bond acceptors (Lipinski definition) is 5. The van der Waals surface area contributed by atoms with Crippen molar-refractivity contribution in [1.82, 2.24) is 9.88 Å². The van der Waals surface area contributed by atoms with Crippen molar-refractivity contribution in [3.63, 3.8) is 0 Å². The minimum atomic E-state index is -0.00998. The van der Waals surface area contributed by atoms with E-state index in [9.17, 15) is 5.21 Å². The number of benzene rings is 1. The number of rotatable bonds is 5. The Morgan fingerprint density at radius 3 is 2.75 bits per heavy atom. The summed E-state index contributed by atoms with van der Waals surface area (Å²) in [4.78, 5) is 6.82. The third-order valence-corrected chi connectivity index (χ3v) is 7.37.